The van der Waals surface area contributed by atoms with Gasteiger partial charge in [0.05, 0.1) is 13.1 Å². The molecular formula is C19H33N3O7. The molecule has 1 fully saturated rings. The van der Waals surface area contributed by atoms with Crippen LogP contribution in [-0.2, 0) is 19.2 Å². The van der Waals surface area contributed by atoms with Crippen molar-refractivity contribution >= 4 is 23.7 Å². The lowest BCUT2D eigenvalue weighted by atomic mass is 9.87. The highest BCUT2D eigenvalue weighted by Crippen LogP contribution is 2.20. The molecule has 1 aliphatic heterocycles. The molecule has 0 spiro atoms. The molecule has 0 aromatic carbocycles. The first-order chi connectivity index (χ1) is 13.4. The summed E-state index contributed by atoms with van der Waals surface area (Å²) in [5.41, 5.74) is -0.548. The van der Waals surface area contributed by atoms with Crippen molar-refractivity contribution in [1.82, 2.24) is 14.7 Å². The summed E-state index contributed by atoms with van der Waals surface area (Å²) in [5, 5.41) is 27.9. The van der Waals surface area contributed by atoms with E-state index in [1.54, 1.807) is 35.5 Å². The van der Waals surface area contributed by atoms with E-state index >= 15 is 0 Å². The van der Waals surface area contributed by atoms with Crippen LogP contribution in [0.5, 0.6) is 0 Å². The maximum Gasteiger partial charge on any atom is 0.320 e. The van der Waals surface area contributed by atoms with Crippen LogP contribution in [0.1, 0.15) is 33.6 Å². The SMILES string of the molecule is CC(C)(C)C(=O)CC[C@H](C(=O)O)N1CCN(CC(=O)O)CCN(CC(=O)O)CC1. The van der Waals surface area contributed by atoms with Crippen molar-refractivity contribution in [2.75, 3.05) is 52.4 Å². The van der Waals surface area contributed by atoms with E-state index in [1.165, 1.54) is 0 Å². The van der Waals surface area contributed by atoms with Crippen molar-refractivity contribution in [3.8, 4) is 0 Å². The molecule has 166 valence electrons. The molecule has 1 rings (SSSR count). The fraction of sp³-hybridized carbons (Fsp3) is 0.789. The Morgan fingerprint density at radius 1 is 0.793 bits per heavy atom. The molecule has 0 aliphatic carbocycles. The second-order valence-electron chi connectivity index (χ2n) is 8.44. The number of carboxylic acid groups (broad SMARTS) is 3. The van der Waals surface area contributed by atoms with E-state index in [4.69, 9.17) is 10.2 Å². The first kappa shape index (κ1) is 25.0. The van der Waals surface area contributed by atoms with Gasteiger partial charge in [0, 0.05) is 51.1 Å². The number of carboxylic acids is 3. The van der Waals surface area contributed by atoms with E-state index < -0.39 is 29.4 Å². The predicted octanol–water partition coefficient (Wildman–Crippen LogP) is -0.0762. The molecule has 10 heteroatoms. The minimum Gasteiger partial charge on any atom is -0.480 e. The molecule has 0 amide bonds. The van der Waals surface area contributed by atoms with Gasteiger partial charge in [-0.25, -0.2) is 0 Å². The monoisotopic (exact) mass is 415 g/mol. The molecule has 10 nitrogen and oxygen atoms in total. The van der Waals surface area contributed by atoms with Gasteiger partial charge in [-0.05, 0) is 6.42 Å². The number of carbonyl (C=O) groups is 4. The number of hydrogen-bond acceptors (Lipinski definition) is 7. The lowest BCUT2D eigenvalue weighted by molar-refractivity contribution is -0.145. The normalized spacial score (nSPS) is 19.0. The molecule has 1 aliphatic rings. The summed E-state index contributed by atoms with van der Waals surface area (Å²) in [6.45, 7) is 7.10. The van der Waals surface area contributed by atoms with Crippen LogP contribution in [0.4, 0.5) is 0 Å². The van der Waals surface area contributed by atoms with E-state index in [1.807, 2.05) is 0 Å². The quantitative estimate of drug-likeness (QED) is 0.469. The third-order valence-corrected chi connectivity index (χ3v) is 5.06. The van der Waals surface area contributed by atoms with Gasteiger partial charge >= 0.3 is 17.9 Å². The number of rotatable bonds is 9. The highest BCUT2D eigenvalue weighted by molar-refractivity contribution is 5.84. The molecule has 0 aromatic heterocycles. The van der Waals surface area contributed by atoms with E-state index in [0.29, 0.717) is 39.3 Å². The molecular weight excluding hydrogens is 382 g/mol. The number of carbonyl (C=O) groups excluding carboxylic acids is 1. The van der Waals surface area contributed by atoms with Crippen LogP contribution < -0.4 is 0 Å². The Balaban J connectivity index is 2.93. The second kappa shape index (κ2) is 11.2. The first-order valence-corrected chi connectivity index (χ1v) is 9.78. The molecule has 3 N–H and O–H groups in total. The number of Topliss-reactive ketones (excluding diaryl/α,β-unsaturated/α-hetero) is 1. The molecule has 1 heterocycles. The first-order valence-electron chi connectivity index (χ1n) is 9.78. The summed E-state index contributed by atoms with van der Waals surface area (Å²) in [6, 6.07) is -0.891. The van der Waals surface area contributed by atoms with Crippen LogP contribution in [0.3, 0.4) is 0 Å². The molecule has 1 saturated heterocycles. The van der Waals surface area contributed by atoms with E-state index in [9.17, 15) is 24.3 Å². The number of ketones is 1. The van der Waals surface area contributed by atoms with Crippen LogP contribution in [-0.4, -0.2) is 112 Å². The topological polar surface area (TPSA) is 139 Å². The third kappa shape index (κ3) is 9.33. The summed E-state index contributed by atoms with van der Waals surface area (Å²) >= 11 is 0. The fourth-order valence-corrected chi connectivity index (χ4v) is 3.27. The predicted molar refractivity (Wildman–Crippen MR) is 105 cm³/mol. The van der Waals surface area contributed by atoms with Gasteiger partial charge in [0.25, 0.3) is 0 Å². The van der Waals surface area contributed by atoms with Gasteiger partial charge < -0.3 is 15.3 Å². The van der Waals surface area contributed by atoms with Gasteiger partial charge in [-0.3, -0.25) is 33.9 Å². The highest BCUT2D eigenvalue weighted by Gasteiger charge is 2.30. The Hall–Kier alpha value is -2.04. The number of aliphatic carboxylic acids is 3. The summed E-state index contributed by atoms with van der Waals surface area (Å²) in [6.07, 6.45) is 0.290. The van der Waals surface area contributed by atoms with Crippen molar-refractivity contribution in [3.63, 3.8) is 0 Å². The van der Waals surface area contributed by atoms with Gasteiger partial charge in [-0.15, -0.1) is 0 Å². The van der Waals surface area contributed by atoms with Crippen LogP contribution >= 0.6 is 0 Å². The van der Waals surface area contributed by atoms with Crippen molar-refractivity contribution in [1.29, 1.82) is 0 Å². The standard InChI is InChI=1S/C19H33N3O7/c1-19(2,3)15(23)5-4-14(18(28)29)22-10-8-20(12-16(24)25)6-7-21(9-11-22)13-17(26)27/h14H,4-13H2,1-3H3,(H,24,25)(H,26,27)(H,28,29)/t14-/m1/s1. The average Bonchev–Trinajstić information content (AvgIpc) is 2.65. The molecule has 0 saturated carbocycles. The van der Waals surface area contributed by atoms with Gasteiger partial charge in [0.1, 0.15) is 11.8 Å². The molecule has 0 aromatic rings. The smallest absolute Gasteiger partial charge is 0.320 e. The molecule has 0 radical (unpaired) electrons. The van der Waals surface area contributed by atoms with Crippen LogP contribution in [0, 0.1) is 5.41 Å². The molecule has 1 atom stereocenters. The van der Waals surface area contributed by atoms with Crippen LogP contribution in [0.15, 0.2) is 0 Å². The summed E-state index contributed by atoms with van der Waals surface area (Å²) in [4.78, 5) is 51.4. The van der Waals surface area contributed by atoms with E-state index in [-0.39, 0.29) is 31.7 Å². The summed E-state index contributed by atoms with van der Waals surface area (Å²) in [5.74, 6) is -3.05. The zero-order chi connectivity index (χ0) is 22.2. The number of nitrogens with zero attached hydrogens (tertiary/aromatic N) is 3. The van der Waals surface area contributed by atoms with Gasteiger partial charge in [-0.2, -0.15) is 0 Å². The Morgan fingerprint density at radius 2 is 1.21 bits per heavy atom. The fourth-order valence-electron chi connectivity index (χ4n) is 3.27. The highest BCUT2D eigenvalue weighted by atomic mass is 16.4. The Kier molecular flexibility index (Phi) is 9.67. The third-order valence-electron chi connectivity index (χ3n) is 5.06. The van der Waals surface area contributed by atoms with Gasteiger partial charge in [0.15, 0.2) is 0 Å². The lowest BCUT2D eigenvalue weighted by Crippen LogP contribution is -2.47. The van der Waals surface area contributed by atoms with Gasteiger partial charge in [-0.1, -0.05) is 20.8 Å². The van der Waals surface area contributed by atoms with Crippen LogP contribution in [0.25, 0.3) is 0 Å². The minimum atomic E-state index is -1.04. The Labute approximate surface area is 171 Å². The van der Waals surface area contributed by atoms with E-state index in [0.717, 1.165) is 0 Å². The molecule has 0 bridgehead atoms. The average molecular weight is 415 g/mol. The zero-order valence-electron chi connectivity index (χ0n) is 17.5. The van der Waals surface area contributed by atoms with Crippen molar-refractivity contribution < 1.29 is 34.5 Å². The Bertz CT molecular complexity index is 575. The second-order valence-corrected chi connectivity index (χ2v) is 8.44. The maximum atomic E-state index is 12.2. The Morgan fingerprint density at radius 3 is 1.55 bits per heavy atom. The molecule has 0 unspecified atom stereocenters. The zero-order valence-corrected chi connectivity index (χ0v) is 17.5. The lowest BCUT2D eigenvalue weighted by Gasteiger charge is -2.31. The largest absolute Gasteiger partial charge is 0.480 e. The van der Waals surface area contributed by atoms with E-state index in [2.05, 4.69) is 0 Å². The summed E-state index contributed by atoms with van der Waals surface area (Å²) < 4.78 is 0. The van der Waals surface area contributed by atoms with Gasteiger partial charge in [0.2, 0.25) is 0 Å². The summed E-state index contributed by atoms with van der Waals surface area (Å²) in [7, 11) is 0. The van der Waals surface area contributed by atoms with Crippen molar-refractivity contribution in [2.45, 2.75) is 39.7 Å². The number of hydrogen-bond donors (Lipinski definition) is 3. The minimum absolute atomic E-state index is 0.0203. The molecule has 29 heavy (non-hydrogen) atoms. The maximum absolute atomic E-state index is 12.2. The van der Waals surface area contributed by atoms with Crippen molar-refractivity contribution in [2.24, 2.45) is 5.41 Å². The van der Waals surface area contributed by atoms with Crippen molar-refractivity contribution in [3.05, 3.63) is 0 Å². The van der Waals surface area contributed by atoms with Crippen LogP contribution in [0.2, 0.25) is 0 Å².